The van der Waals surface area contributed by atoms with E-state index in [0.717, 1.165) is 31.0 Å². The summed E-state index contributed by atoms with van der Waals surface area (Å²) in [7, 11) is 0.267. The summed E-state index contributed by atoms with van der Waals surface area (Å²) in [6.07, 6.45) is 5.47. The number of hydrogen-bond donors (Lipinski definition) is 0. The molecule has 3 rings (SSSR count). The van der Waals surface area contributed by atoms with Gasteiger partial charge in [-0.1, -0.05) is 6.42 Å². The fourth-order valence-electron chi connectivity index (χ4n) is 3.50. The second-order valence-corrected chi connectivity index (χ2v) is 10.6. The van der Waals surface area contributed by atoms with Crippen LogP contribution in [0.1, 0.15) is 51.1 Å². The summed E-state index contributed by atoms with van der Waals surface area (Å²) < 4.78 is 29.2. The van der Waals surface area contributed by atoms with Gasteiger partial charge in [0.25, 0.3) is 0 Å². The van der Waals surface area contributed by atoms with E-state index in [2.05, 4.69) is 9.46 Å². The Labute approximate surface area is 191 Å². The zero-order valence-electron chi connectivity index (χ0n) is 18.4. The predicted molar refractivity (Wildman–Crippen MR) is 123 cm³/mol. The molecule has 0 atom stereocenters. The molecule has 1 aliphatic rings. The number of esters is 1. The van der Waals surface area contributed by atoms with E-state index in [1.54, 1.807) is 20.2 Å². The van der Waals surface area contributed by atoms with Crippen molar-refractivity contribution in [3.05, 3.63) is 40.6 Å². The monoisotopic (exact) mass is 479 g/mol. The van der Waals surface area contributed by atoms with Crippen LogP contribution in [-0.4, -0.2) is 55.9 Å². The van der Waals surface area contributed by atoms with E-state index in [9.17, 15) is 18.6 Å². The van der Waals surface area contributed by atoms with Crippen LogP contribution in [0.5, 0.6) is 5.88 Å². The largest absolute Gasteiger partial charge is 0.465 e. The molecular weight excluding hydrogens is 454 g/mol. The molecule has 0 unspecified atom stereocenters. The van der Waals surface area contributed by atoms with Crippen LogP contribution in [0.15, 0.2) is 22.7 Å². The molecule has 1 aliphatic heterocycles. The van der Waals surface area contributed by atoms with Crippen molar-refractivity contribution in [2.24, 2.45) is 11.4 Å². The van der Waals surface area contributed by atoms with E-state index < -0.39 is 26.8 Å². The number of thioether (sulfide) groups is 1. The second kappa shape index (κ2) is 9.86. The Morgan fingerprint density at radius 1 is 1.12 bits per heavy atom. The fraction of sp³-hybridized carbons (Fsp3) is 0.429. The minimum absolute atomic E-state index is 0.0162. The zero-order valence-corrected chi connectivity index (χ0v) is 20.0. The van der Waals surface area contributed by atoms with Gasteiger partial charge in [-0.05, 0) is 55.5 Å². The molecule has 1 saturated heterocycles. The highest BCUT2D eigenvalue weighted by Gasteiger charge is 2.26. The van der Waals surface area contributed by atoms with Crippen LogP contribution in [0.4, 0.5) is 10.5 Å². The number of hydrogen-bond acceptors (Lipinski definition) is 9. The first kappa shape index (κ1) is 24.0. The number of benzene rings is 1. The molecule has 0 radical (unpaired) electrons. The van der Waals surface area contributed by atoms with Gasteiger partial charge in [-0.25, -0.2) is 18.5 Å². The summed E-state index contributed by atoms with van der Waals surface area (Å²) in [5.74, 6) is -0.167. The number of ketones is 1. The Balaban J connectivity index is 2.14. The maximum atomic E-state index is 13.4. The smallest absolute Gasteiger partial charge is 0.373 e. The maximum absolute atomic E-state index is 13.4. The van der Waals surface area contributed by atoms with Gasteiger partial charge < -0.3 is 9.47 Å². The molecule has 2 heterocycles. The van der Waals surface area contributed by atoms with Crippen molar-refractivity contribution in [3.8, 4) is 5.88 Å². The summed E-state index contributed by atoms with van der Waals surface area (Å²) in [6, 6.07) is 2.93. The van der Waals surface area contributed by atoms with E-state index in [1.807, 2.05) is 0 Å². The van der Waals surface area contributed by atoms with Crippen molar-refractivity contribution in [3.63, 3.8) is 0 Å². The van der Waals surface area contributed by atoms with E-state index in [0.29, 0.717) is 17.1 Å². The van der Waals surface area contributed by atoms with E-state index in [1.165, 1.54) is 30.1 Å². The lowest BCUT2D eigenvalue weighted by Crippen LogP contribution is -2.17. The SMILES string of the molecule is COC(=O)c1ccc(C(=O)c2cnn(C)c2OC(=O)SC)c(C)c1N=S1(=O)CCCCC1. The molecule has 2 aromatic rings. The van der Waals surface area contributed by atoms with Gasteiger partial charge in [-0.2, -0.15) is 9.46 Å². The first-order valence-electron chi connectivity index (χ1n) is 9.97. The quantitative estimate of drug-likeness (QED) is 0.468. The molecule has 0 N–H and O–H groups in total. The van der Waals surface area contributed by atoms with Crippen LogP contribution in [0.2, 0.25) is 0 Å². The lowest BCUT2D eigenvalue weighted by molar-refractivity contribution is 0.0601. The third-order valence-electron chi connectivity index (χ3n) is 5.24. The van der Waals surface area contributed by atoms with E-state index in [4.69, 9.17) is 9.47 Å². The van der Waals surface area contributed by atoms with Crippen molar-refractivity contribution in [2.45, 2.75) is 26.2 Å². The van der Waals surface area contributed by atoms with Gasteiger partial charge in [0, 0.05) is 24.1 Å². The standard InChI is InChI=1S/C21H25N3O6S2/c1-13-14(18(25)16-12-22-24(2)19(16)30-21(27)31-4)8-9-15(20(26)29-3)17(13)23-32(28)10-6-5-7-11-32/h8-9,12H,5-7,10-11H2,1-4H3. The van der Waals surface area contributed by atoms with E-state index >= 15 is 0 Å². The van der Waals surface area contributed by atoms with Gasteiger partial charge in [-0.3, -0.25) is 4.79 Å². The number of carbonyl (C=O) groups excluding carboxylic acids is 3. The van der Waals surface area contributed by atoms with Gasteiger partial charge >= 0.3 is 11.3 Å². The Hall–Kier alpha value is -2.66. The Morgan fingerprint density at radius 3 is 2.41 bits per heavy atom. The Bertz CT molecular complexity index is 1180. The fourth-order valence-corrected chi connectivity index (χ4v) is 5.93. The summed E-state index contributed by atoms with van der Waals surface area (Å²) in [5, 5.41) is 3.45. The number of ether oxygens (including phenoxy) is 2. The van der Waals surface area contributed by atoms with Gasteiger partial charge in [0.05, 0.1) is 34.3 Å². The molecular formula is C21H25N3O6S2. The van der Waals surface area contributed by atoms with Crippen molar-refractivity contribution in [1.29, 1.82) is 0 Å². The molecule has 0 amide bonds. The van der Waals surface area contributed by atoms with Gasteiger partial charge in [0.1, 0.15) is 5.56 Å². The Kier molecular flexibility index (Phi) is 7.40. The molecule has 0 aliphatic carbocycles. The minimum atomic E-state index is -2.54. The summed E-state index contributed by atoms with van der Waals surface area (Å²) >= 11 is 0.868. The highest BCUT2D eigenvalue weighted by Crippen LogP contribution is 2.33. The van der Waals surface area contributed by atoms with E-state index in [-0.39, 0.29) is 28.3 Å². The summed E-state index contributed by atoms with van der Waals surface area (Å²) in [4.78, 5) is 37.5. The number of carbonyl (C=O) groups is 3. The van der Waals surface area contributed by atoms with Gasteiger partial charge in [0.15, 0.2) is 5.78 Å². The van der Waals surface area contributed by atoms with Crippen LogP contribution in [0.3, 0.4) is 0 Å². The summed E-state index contributed by atoms with van der Waals surface area (Å²) in [6.45, 7) is 1.65. The number of aryl methyl sites for hydroxylation is 1. The average molecular weight is 480 g/mol. The first-order chi connectivity index (χ1) is 15.2. The predicted octanol–water partition coefficient (Wildman–Crippen LogP) is 3.89. The normalized spacial score (nSPS) is 15.1. The molecule has 0 spiro atoms. The molecule has 1 fully saturated rings. The molecule has 9 nitrogen and oxygen atoms in total. The lowest BCUT2D eigenvalue weighted by atomic mass is 9.96. The molecule has 172 valence electrons. The summed E-state index contributed by atoms with van der Waals surface area (Å²) in [5.41, 5.74) is 1.08. The van der Waals surface area contributed by atoms with Crippen LogP contribution < -0.4 is 4.74 Å². The van der Waals surface area contributed by atoms with Gasteiger partial charge in [-0.15, -0.1) is 0 Å². The third-order valence-corrected chi connectivity index (χ3v) is 8.03. The van der Waals surface area contributed by atoms with Crippen LogP contribution >= 0.6 is 11.8 Å². The first-order valence-corrected chi connectivity index (χ1v) is 13.1. The molecule has 0 saturated carbocycles. The highest BCUT2D eigenvalue weighted by atomic mass is 32.2. The van der Waals surface area contributed by atoms with Crippen molar-refractivity contribution in [2.75, 3.05) is 24.9 Å². The number of rotatable bonds is 5. The number of nitrogens with zero attached hydrogens (tertiary/aromatic N) is 3. The number of methoxy groups -OCH3 is 1. The van der Waals surface area contributed by atoms with Crippen molar-refractivity contribution in [1.82, 2.24) is 9.78 Å². The topological polar surface area (TPSA) is 117 Å². The van der Waals surface area contributed by atoms with Crippen LogP contribution in [-0.2, 0) is 21.5 Å². The Morgan fingerprint density at radius 2 is 1.78 bits per heavy atom. The molecule has 0 bridgehead atoms. The third kappa shape index (κ3) is 4.88. The minimum Gasteiger partial charge on any atom is -0.465 e. The highest BCUT2D eigenvalue weighted by molar-refractivity contribution is 8.12. The second-order valence-electron chi connectivity index (χ2n) is 7.33. The van der Waals surface area contributed by atoms with Crippen molar-refractivity contribution < 1.29 is 28.1 Å². The molecule has 11 heteroatoms. The molecule has 32 heavy (non-hydrogen) atoms. The van der Waals surface area contributed by atoms with Gasteiger partial charge in [0.2, 0.25) is 5.88 Å². The maximum Gasteiger partial charge on any atom is 0.373 e. The lowest BCUT2D eigenvalue weighted by Gasteiger charge is -2.18. The van der Waals surface area contributed by atoms with Crippen molar-refractivity contribution >= 4 is 44.2 Å². The average Bonchev–Trinajstić information content (AvgIpc) is 3.14. The molecule has 1 aromatic heterocycles. The number of aromatic nitrogens is 2. The zero-order chi connectivity index (χ0) is 23.5. The van der Waals surface area contributed by atoms with Crippen LogP contribution in [0, 0.1) is 6.92 Å². The van der Waals surface area contributed by atoms with Crippen LogP contribution in [0.25, 0.3) is 0 Å². The molecule has 1 aromatic carbocycles.